The van der Waals surface area contributed by atoms with E-state index in [2.05, 4.69) is 20.6 Å². The van der Waals surface area contributed by atoms with Crippen LogP contribution in [0.1, 0.15) is 48.0 Å². The topological polar surface area (TPSA) is 94.2 Å². The maximum atomic E-state index is 13.0. The number of amides is 1. The fraction of sp³-hybridized carbons (Fsp3) is 0.421. The molecule has 0 aromatic carbocycles. The van der Waals surface area contributed by atoms with Crippen LogP contribution in [0.5, 0.6) is 0 Å². The van der Waals surface area contributed by atoms with Gasteiger partial charge in [0, 0.05) is 23.7 Å². The van der Waals surface area contributed by atoms with Crippen molar-refractivity contribution in [2.75, 3.05) is 0 Å². The summed E-state index contributed by atoms with van der Waals surface area (Å²) >= 11 is 1.59. The van der Waals surface area contributed by atoms with E-state index in [0.717, 1.165) is 40.9 Å². The summed E-state index contributed by atoms with van der Waals surface area (Å²) in [6.45, 7) is 5.37. The van der Waals surface area contributed by atoms with E-state index in [1.165, 1.54) is 15.8 Å². The molecule has 0 bridgehead atoms. The van der Waals surface area contributed by atoms with Crippen molar-refractivity contribution in [1.29, 1.82) is 0 Å². The Balaban J connectivity index is 1.59. The van der Waals surface area contributed by atoms with E-state index < -0.39 is 6.04 Å². The largest absolute Gasteiger partial charge is 0.286 e. The molecule has 8 nitrogen and oxygen atoms in total. The second-order valence-corrected chi connectivity index (χ2v) is 8.23. The fourth-order valence-electron chi connectivity index (χ4n) is 3.65. The molecule has 0 radical (unpaired) electrons. The Morgan fingerprint density at radius 2 is 2.18 bits per heavy atom. The van der Waals surface area contributed by atoms with Crippen molar-refractivity contribution in [3.63, 3.8) is 0 Å². The SMILES string of the molecule is CC(=NNC(=O)C(C)n1cnc2sc3c(c2c1=O)CCC3)c1cn(C)nc1C. The summed E-state index contributed by atoms with van der Waals surface area (Å²) in [4.78, 5) is 32.0. The number of fused-ring (bicyclic) bond motifs is 3. The standard InChI is InChI=1S/C19H22N6O2S/c1-10(14-8-24(4)23-11(14)2)21-22-17(26)12(3)25-9-20-18-16(19(25)27)13-6-5-7-15(13)28-18/h8-9,12H,5-7H2,1-4H3,(H,22,26). The number of hydrogen-bond donors (Lipinski definition) is 1. The van der Waals surface area contributed by atoms with Gasteiger partial charge >= 0.3 is 0 Å². The smallest absolute Gasteiger partial charge is 0.263 e. The third kappa shape index (κ3) is 3.05. The lowest BCUT2D eigenvalue weighted by molar-refractivity contribution is -0.123. The van der Waals surface area contributed by atoms with Crippen LogP contribution in [-0.2, 0) is 24.7 Å². The Hall–Kier alpha value is -2.81. The molecule has 146 valence electrons. The van der Waals surface area contributed by atoms with Crippen LogP contribution in [0.2, 0.25) is 0 Å². The van der Waals surface area contributed by atoms with Crippen molar-refractivity contribution < 1.29 is 4.79 Å². The molecule has 3 aromatic heterocycles. The van der Waals surface area contributed by atoms with Gasteiger partial charge in [-0.15, -0.1) is 11.3 Å². The Morgan fingerprint density at radius 1 is 1.39 bits per heavy atom. The molecule has 3 heterocycles. The molecule has 9 heteroatoms. The molecule has 1 aliphatic rings. The maximum absolute atomic E-state index is 13.0. The summed E-state index contributed by atoms with van der Waals surface area (Å²) < 4.78 is 3.09. The summed E-state index contributed by atoms with van der Waals surface area (Å²) in [5.74, 6) is -0.365. The summed E-state index contributed by atoms with van der Waals surface area (Å²) in [5.41, 5.74) is 5.88. The summed E-state index contributed by atoms with van der Waals surface area (Å²) in [6, 6.07) is -0.715. The van der Waals surface area contributed by atoms with E-state index >= 15 is 0 Å². The number of carbonyl (C=O) groups excluding carboxylic acids is 1. The van der Waals surface area contributed by atoms with Gasteiger partial charge in [0.2, 0.25) is 0 Å². The molecular weight excluding hydrogens is 376 g/mol. The van der Waals surface area contributed by atoms with Crippen LogP contribution in [0.3, 0.4) is 0 Å². The first-order valence-corrected chi connectivity index (χ1v) is 10.0. The zero-order chi connectivity index (χ0) is 20.0. The molecular formula is C19H22N6O2S. The molecule has 1 N–H and O–H groups in total. The molecule has 0 spiro atoms. The van der Waals surface area contributed by atoms with Crippen LogP contribution in [-0.4, -0.2) is 31.0 Å². The van der Waals surface area contributed by atoms with Gasteiger partial charge in [0.25, 0.3) is 11.5 Å². The predicted octanol–water partition coefficient (Wildman–Crippen LogP) is 2.09. The van der Waals surface area contributed by atoms with Crippen molar-refractivity contribution in [3.05, 3.63) is 44.6 Å². The molecule has 1 amide bonds. The Labute approximate surface area is 165 Å². The minimum atomic E-state index is -0.715. The highest BCUT2D eigenvalue weighted by Gasteiger charge is 2.24. The molecule has 0 saturated carbocycles. The summed E-state index contributed by atoms with van der Waals surface area (Å²) in [7, 11) is 1.83. The fourth-order valence-corrected chi connectivity index (χ4v) is 4.87. The zero-order valence-electron chi connectivity index (χ0n) is 16.3. The van der Waals surface area contributed by atoms with Gasteiger partial charge in [-0.1, -0.05) is 0 Å². The highest BCUT2D eigenvalue weighted by atomic mass is 32.1. The van der Waals surface area contributed by atoms with Crippen LogP contribution in [0.15, 0.2) is 22.4 Å². The van der Waals surface area contributed by atoms with Gasteiger partial charge in [-0.05, 0) is 45.6 Å². The molecule has 0 saturated heterocycles. The van der Waals surface area contributed by atoms with Gasteiger partial charge in [0.05, 0.1) is 23.1 Å². The molecule has 28 heavy (non-hydrogen) atoms. The lowest BCUT2D eigenvalue weighted by atomic mass is 10.2. The minimum absolute atomic E-state index is 0.157. The number of carbonyl (C=O) groups is 1. The molecule has 4 rings (SSSR count). The summed E-state index contributed by atoms with van der Waals surface area (Å²) in [6.07, 6.45) is 6.30. The quantitative estimate of drug-likeness (QED) is 0.538. The monoisotopic (exact) mass is 398 g/mol. The highest BCUT2D eigenvalue weighted by molar-refractivity contribution is 7.18. The van der Waals surface area contributed by atoms with E-state index in [1.807, 2.05) is 27.1 Å². The van der Waals surface area contributed by atoms with Crippen LogP contribution >= 0.6 is 11.3 Å². The van der Waals surface area contributed by atoms with Crippen molar-refractivity contribution in [3.8, 4) is 0 Å². The van der Waals surface area contributed by atoms with Crippen molar-refractivity contribution in [2.24, 2.45) is 12.1 Å². The normalized spacial score (nSPS) is 15.1. The van der Waals surface area contributed by atoms with E-state index in [4.69, 9.17) is 0 Å². The molecule has 1 aliphatic carbocycles. The van der Waals surface area contributed by atoms with Gasteiger partial charge in [-0.3, -0.25) is 18.8 Å². The molecule has 3 aromatic rings. The second kappa shape index (κ2) is 6.97. The first kappa shape index (κ1) is 18.5. The lowest BCUT2D eigenvalue weighted by Crippen LogP contribution is -2.34. The number of nitrogens with zero attached hydrogens (tertiary/aromatic N) is 5. The summed E-state index contributed by atoms with van der Waals surface area (Å²) in [5, 5.41) is 9.13. The van der Waals surface area contributed by atoms with Crippen molar-refractivity contribution in [1.82, 2.24) is 24.8 Å². The number of hydrazone groups is 1. The van der Waals surface area contributed by atoms with Crippen LogP contribution in [0.25, 0.3) is 10.2 Å². The van der Waals surface area contributed by atoms with Crippen LogP contribution in [0.4, 0.5) is 0 Å². The van der Waals surface area contributed by atoms with Gasteiger partial charge < -0.3 is 0 Å². The second-order valence-electron chi connectivity index (χ2n) is 7.15. The number of aryl methyl sites for hydroxylation is 4. The third-order valence-corrected chi connectivity index (χ3v) is 6.38. The number of nitrogens with one attached hydrogen (secondary N) is 1. The first-order chi connectivity index (χ1) is 13.4. The Bertz CT molecular complexity index is 1170. The average Bonchev–Trinajstić information content (AvgIpc) is 3.33. The van der Waals surface area contributed by atoms with E-state index in [9.17, 15) is 9.59 Å². The number of aromatic nitrogens is 4. The Morgan fingerprint density at radius 3 is 2.89 bits per heavy atom. The highest BCUT2D eigenvalue weighted by Crippen LogP contribution is 2.34. The van der Waals surface area contributed by atoms with Gasteiger partial charge in [0.1, 0.15) is 10.9 Å². The third-order valence-electron chi connectivity index (χ3n) is 5.18. The molecule has 1 unspecified atom stereocenters. The number of rotatable bonds is 4. The van der Waals surface area contributed by atoms with Gasteiger partial charge in [-0.25, -0.2) is 10.4 Å². The molecule has 1 atom stereocenters. The maximum Gasteiger partial charge on any atom is 0.263 e. The predicted molar refractivity (Wildman–Crippen MR) is 109 cm³/mol. The van der Waals surface area contributed by atoms with E-state index in [-0.39, 0.29) is 11.5 Å². The molecule has 0 fully saturated rings. The number of hydrogen-bond acceptors (Lipinski definition) is 6. The van der Waals surface area contributed by atoms with Crippen LogP contribution in [0, 0.1) is 6.92 Å². The average molecular weight is 398 g/mol. The Kier molecular flexibility index (Phi) is 4.62. The number of thiophene rings is 1. The van der Waals surface area contributed by atoms with Crippen molar-refractivity contribution in [2.45, 2.75) is 46.1 Å². The van der Waals surface area contributed by atoms with E-state index in [1.54, 1.807) is 22.9 Å². The molecule has 0 aliphatic heterocycles. The van der Waals surface area contributed by atoms with Crippen LogP contribution < -0.4 is 11.0 Å². The lowest BCUT2D eigenvalue weighted by Gasteiger charge is -2.13. The van der Waals surface area contributed by atoms with Crippen molar-refractivity contribution >= 4 is 33.2 Å². The minimum Gasteiger partial charge on any atom is -0.286 e. The van der Waals surface area contributed by atoms with Gasteiger partial charge in [-0.2, -0.15) is 10.2 Å². The van der Waals surface area contributed by atoms with Gasteiger partial charge in [0.15, 0.2) is 0 Å². The first-order valence-electron chi connectivity index (χ1n) is 9.23. The zero-order valence-corrected chi connectivity index (χ0v) is 17.1. The van der Waals surface area contributed by atoms with E-state index in [0.29, 0.717) is 11.1 Å².